The number of ether oxygens (including phenoxy) is 1. The fourth-order valence-corrected chi connectivity index (χ4v) is 2.04. The third-order valence-electron chi connectivity index (χ3n) is 2.80. The van der Waals surface area contributed by atoms with Crippen LogP contribution in [0.5, 0.6) is 0 Å². The largest absolute Gasteiger partial charge is 0.383 e. The molecule has 1 N–H and O–H groups in total. The van der Waals surface area contributed by atoms with Crippen LogP contribution >= 0.6 is 11.6 Å². The summed E-state index contributed by atoms with van der Waals surface area (Å²) in [6.07, 6.45) is 0. The SMILES string of the molecule is COCCNC(=O)c1c(C)noc1-c1ccccc1Cl. The fraction of sp³-hybridized carbons (Fsp3) is 0.286. The summed E-state index contributed by atoms with van der Waals surface area (Å²) in [6.45, 7) is 2.58. The molecule has 1 heterocycles. The second kappa shape index (κ2) is 6.54. The Morgan fingerprint density at radius 3 is 2.90 bits per heavy atom. The molecule has 0 aliphatic heterocycles. The van der Waals surface area contributed by atoms with Crippen LogP contribution < -0.4 is 5.32 Å². The molecule has 0 saturated heterocycles. The normalized spacial score (nSPS) is 10.6. The number of rotatable bonds is 5. The van der Waals surface area contributed by atoms with Crippen molar-refractivity contribution in [3.05, 3.63) is 40.5 Å². The van der Waals surface area contributed by atoms with E-state index in [1.165, 1.54) is 0 Å². The van der Waals surface area contributed by atoms with Crippen LogP contribution in [0.3, 0.4) is 0 Å². The second-order valence-corrected chi connectivity index (χ2v) is 4.61. The smallest absolute Gasteiger partial charge is 0.257 e. The third kappa shape index (κ3) is 3.00. The van der Waals surface area contributed by atoms with Gasteiger partial charge in [-0.15, -0.1) is 0 Å². The molecule has 6 heteroatoms. The molecule has 0 atom stereocenters. The predicted octanol–water partition coefficient (Wildman–Crippen LogP) is 2.68. The summed E-state index contributed by atoms with van der Waals surface area (Å²) >= 11 is 6.13. The molecule has 2 rings (SSSR count). The van der Waals surface area contributed by atoms with E-state index in [-0.39, 0.29) is 5.91 Å². The molecule has 5 nitrogen and oxygen atoms in total. The van der Waals surface area contributed by atoms with E-state index >= 15 is 0 Å². The lowest BCUT2D eigenvalue weighted by Gasteiger charge is -2.06. The first-order valence-corrected chi connectivity index (χ1v) is 6.51. The number of methoxy groups -OCH3 is 1. The number of aromatic nitrogens is 1. The van der Waals surface area contributed by atoms with Crippen LogP contribution in [0, 0.1) is 6.92 Å². The highest BCUT2D eigenvalue weighted by Gasteiger charge is 2.22. The zero-order valence-corrected chi connectivity index (χ0v) is 12.0. The minimum Gasteiger partial charge on any atom is -0.383 e. The molecule has 0 radical (unpaired) electrons. The number of amides is 1. The Kier molecular flexibility index (Phi) is 4.76. The van der Waals surface area contributed by atoms with Gasteiger partial charge in [0, 0.05) is 19.2 Å². The van der Waals surface area contributed by atoms with E-state index in [4.69, 9.17) is 20.9 Å². The van der Waals surface area contributed by atoms with Crippen LogP contribution in [-0.2, 0) is 4.74 Å². The predicted molar refractivity (Wildman–Crippen MR) is 75.9 cm³/mol. The van der Waals surface area contributed by atoms with Gasteiger partial charge < -0.3 is 14.6 Å². The van der Waals surface area contributed by atoms with Gasteiger partial charge in [-0.05, 0) is 19.1 Å². The molecular formula is C14H15ClN2O3. The number of benzene rings is 1. The first-order valence-electron chi connectivity index (χ1n) is 6.13. The molecule has 0 saturated carbocycles. The van der Waals surface area contributed by atoms with Crippen molar-refractivity contribution >= 4 is 17.5 Å². The van der Waals surface area contributed by atoms with E-state index < -0.39 is 0 Å². The van der Waals surface area contributed by atoms with Crippen molar-refractivity contribution < 1.29 is 14.1 Å². The van der Waals surface area contributed by atoms with E-state index in [2.05, 4.69) is 10.5 Å². The molecule has 2 aromatic rings. The molecule has 1 aromatic carbocycles. The molecule has 1 amide bonds. The molecule has 0 unspecified atom stereocenters. The first kappa shape index (κ1) is 14.6. The van der Waals surface area contributed by atoms with Crippen LogP contribution in [0.1, 0.15) is 16.1 Å². The summed E-state index contributed by atoms with van der Waals surface area (Å²) < 4.78 is 10.2. The molecule has 20 heavy (non-hydrogen) atoms. The van der Waals surface area contributed by atoms with E-state index in [0.29, 0.717) is 40.8 Å². The van der Waals surface area contributed by atoms with E-state index in [1.54, 1.807) is 26.2 Å². The van der Waals surface area contributed by atoms with Gasteiger partial charge in [-0.2, -0.15) is 0 Å². The second-order valence-electron chi connectivity index (χ2n) is 4.20. The zero-order valence-electron chi connectivity index (χ0n) is 11.3. The number of aryl methyl sites for hydroxylation is 1. The highest BCUT2D eigenvalue weighted by Crippen LogP contribution is 2.31. The Balaban J connectivity index is 2.33. The molecule has 0 fully saturated rings. The maximum atomic E-state index is 12.2. The molecule has 0 aliphatic rings. The Morgan fingerprint density at radius 2 is 2.20 bits per heavy atom. The Bertz CT molecular complexity index is 610. The maximum absolute atomic E-state index is 12.2. The van der Waals surface area contributed by atoms with Crippen LogP contribution in [0.4, 0.5) is 0 Å². The minimum atomic E-state index is -0.254. The van der Waals surface area contributed by atoms with Gasteiger partial charge in [0.25, 0.3) is 5.91 Å². The number of nitrogens with one attached hydrogen (secondary N) is 1. The van der Waals surface area contributed by atoms with Gasteiger partial charge in [0.2, 0.25) is 0 Å². The van der Waals surface area contributed by atoms with Crippen LogP contribution in [-0.4, -0.2) is 31.3 Å². The highest BCUT2D eigenvalue weighted by molar-refractivity contribution is 6.33. The van der Waals surface area contributed by atoms with Crippen molar-refractivity contribution in [3.8, 4) is 11.3 Å². The summed E-state index contributed by atoms with van der Waals surface area (Å²) in [7, 11) is 1.58. The number of carbonyl (C=O) groups excluding carboxylic acids is 1. The van der Waals surface area contributed by atoms with Crippen molar-refractivity contribution in [2.45, 2.75) is 6.92 Å². The van der Waals surface area contributed by atoms with Crippen molar-refractivity contribution in [3.63, 3.8) is 0 Å². The van der Waals surface area contributed by atoms with Gasteiger partial charge in [-0.1, -0.05) is 28.9 Å². The van der Waals surface area contributed by atoms with Gasteiger partial charge in [0.1, 0.15) is 5.56 Å². The van der Waals surface area contributed by atoms with Crippen LogP contribution in [0.2, 0.25) is 5.02 Å². The summed E-state index contributed by atoms with van der Waals surface area (Å²) in [5.41, 5.74) is 1.57. The lowest BCUT2D eigenvalue weighted by Crippen LogP contribution is -2.27. The lowest BCUT2D eigenvalue weighted by molar-refractivity contribution is 0.0937. The van der Waals surface area contributed by atoms with Gasteiger partial charge in [-0.25, -0.2) is 0 Å². The van der Waals surface area contributed by atoms with Crippen LogP contribution in [0.15, 0.2) is 28.8 Å². The molecule has 106 valence electrons. The molecular weight excluding hydrogens is 280 g/mol. The Labute approximate surface area is 121 Å². The minimum absolute atomic E-state index is 0.254. The summed E-state index contributed by atoms with van der Waals surface area (Å²) in [5, 5.41) is 7.12. The van der Waals surface area contributed by atoms with Gasteiger partial charge in [0.15, 0.2) is 5.76 Å². The molecule has 0 spiro atoms. The molecule has 1 aromatic heterocycles. The fourth-order valence-electron chi connectivity index (χ4n) is 1.82. The summed E-state index contributed by atoms with van der Waals surface area (Å²) in [6, 6.07) is 7.16. The van der Waals surface area contributed by atoms with Crippen molar-refractivity contribution in [1.29, 1.82) is 0 Å². The van der Waals surface area contributed by atoms with Crippen molar-refractivity contribution in [2.75, 3.05) is 20.3 Å². The molecule has 0 bridgehead atoms. The topological polar surface area (TPSA) is 64.4 Å². The van der Waals surface area contributed by atoms with Gasteiger partial charge in [0.05, 0.1) is 17.3 Å². The highest BCUT2D eigenvalue weighted by atomic mass is 35.5. The van der Waals surface area contributed by atoms with Gasteiger partial charge >= 0.3 is 0 Å². The van der Waals surface area contributed by atoms with Crippen molar-refractivity contribution in [1.82, 2.24) is 10.5 Å². The Hall–Kier alpha value is -1.85. The molecule has 0 aliphatic carbocycles. The van der Waals surface area contributed by atoms with Crippen molar-refractivity contribution in [2.24, 2.45) is 0 Å². The quantitative estimate of drug-likeness (QED) is 0.861. The van der Waals surface area contributed by atoms with Crippen LogP contribution in [0.25, 0.3) is 11.3 Å². The zero-order chi connectivity index (χ0) is 14.5. The Morgan fingerprint density at radius 1 is 1.45 bits per heavy atom. The first-order chi connectivity index (χ1) is 9.65. The average molecular weight is 295 g/mol. The maximum Gasteiger partial charge on any atom is 0.257 e. The monoisotopic (exact) mass is 294 g/mol. The van der Waals surface area contributed by atoms with E-state index in [1.807, 2.05) is 12.1 Å². The number of carbonyl (C=O) groups is 1. The van der Waals surface area contributed by atoms with E-state index in [9.17, 15) is 4.79 Å². The van der Waals surface area contributed by atoms with Gasteiger partial charge in [-0.3, -0.25) is 4.79 Å². The number of nitrogens with zero attached hydrogens (tertiary/aromatic N) is 1. The lowest BCUT2D eigenvalue weighted by atomic mass is 10.1. The standard InChI is InChI=1S/C14H15ClN2O3/c1-9-12(14(18)16-7-8-19-2)13(20-17-9)10-5-3-4-6-11(10)15/h3-6H,7-8H2,1-2H3,(H,16,18). The summed E-state index contributed by atoms with van der Waals surface area (Å²) in [4.78, 5) is 12.2. The summed E-state index contributed by atoms with van der Waals surface area (Å²) in [5.74, 6) is 0.124. The average Bonchev–Trinajstić information content (AvgIpc) is 2.81. The number of halogens is 1. The third-order valence-corrected chi connectivity index (χ3v) is 3.13. The van der Waals surface area contributed by atoms with E-state index in [0.717, 1.165) is 0 Å². The number of hydrogen-bond donors (Lipinski definition) is 1. The number of hydrogen-bond acceptors (Lipinski definition) is 4.